The van der Waals surface area contributed by atoms with Gasteiger partial charge in [0.2, 0.25) is 16.0 Å². The highest BCUT2D eigenvalue weighted by Crippen LogP contribution is 2.54. The van der Waals surface area contributed by atoms with Gasteiger partial charge in [-0.1, -0.05) is 6.07 Å². The van der Waals surface area contributed by atoms with Gasteiger partial charge in [-0.25, -0.2) is 22.8 Å². The largest absolute Gasteiger partial charge is 0.368 e. The SMILES string of the molecule is CC(C)n1c(=O)c(-c2ccc(NS(=O)(=O)CC34CCC(CC3)C4)c(F)c2)nc2cnc(N)nc21. The Balaban J connectivity index is 1.48. The lowest BCUT2D eigenvalue weighted by Gasteiger charge is -2.26. The van der Waals surface area contributed by atoms with Crippen LogP contribution in [0.5, 0.6) is 0 Å². The first-order chi connectivity index (χ1) is 16.1. The maximum absolute atomic E-state index is 15.0. The van der Waals surface area contributed by atoms with Crippen molar-refractivity contribution in [2.45, 2.75) is 52.0 Å². The Morgan fingerprint density at radius 3 is 2.62 bits per heavy atom. The lowest BCUT2D eigenvalue weighted by atomic mass is 9.87. The minimum Gasteiger partial charge on any atom is -0.368 e. The van der Waals surface area contributed by atoms with E-state index in [1.807, 2.05) is 13.8 Å². The number of halogens is 1. The normalized spacial score (nSPS) is 22.1. The quantitative estimate of drug-likeness (QED) is 0.545. The van der Waals surface area contributed by atoms with Crippen molar-refractivity contribution in [3.05, 3.63) is 40.6 Å². The average Bonchev–Trinajstić information content (AvgIpc) is 3.34. The van der Waals surface area contributed by atoms with E-state index in [1.54, 1.807) is 0 Å². The number of anilines is 2. The number of nitrogens with zero attached hydrogens (tertiary/aromatic N) is 4. The van der Waals surface area contributed by atoms with Crippen LogP contribution in [0.4, 0.5) is 16.0 Å². The minimum absolute atomic E-state index is 0.00610. The molecule has 11 heteroatoms. The third-order valence-corrected chi connectivity index (χ3v) is 8.58. The van der Waals surface area contributed by atoms with Crippen molar-refractivity contribution in [1.82, 2.24) is 19.5 Å². The molecule has 2 aromatic heterocycles. The Morgan fingerprint density at radius 2 is 2.00 bits per heavy atom. The van der Waals surface area contributed by atoms with E-state index in [0.29, 0.717) is 17.1 Å². The molecule has 2 heterocycles. The van der Waals surface area contributed by atoms with E-state index in [4.69, 9.17) is 5.73 Å². The molecule has 9 nitrogen and oxygen atoms in total. The van der Waals surface area contributed by atoms with Crippen molar-refractivity contribution in [1.29, 1.82) is 0 Å². The van der Waals surface area contributed by atoms with Crippen LogP contribution in [-0.4, -0.2) is 33.7 Å². The molecule has 0 atom stereocenters. The van der Waals surface area contributed by atoms with E-state index < -0.39 is 21.4 Å². The summed E-state index contributed by atoms with van der Waals surface area (Å²) in [6.45, 7) is 3.63. The van der Waals surface area contributed by atoms with Crippen LogP contribution in [0.2, 0.25) is 0 Å². The molecule has 3 N–H and O–H groups in total. The monoisotopic (exact) mass is 486 g/mol. The van der Waals surface area contributed by atoms with Gasteiger partial charge in [0.05, 0.1) is 17.6 Å². The summed E-state index contributed by atoms with van der Waals surface area (Å²) in [5.74, 6) is -0.131. The highest BCUT2D eigenvalue weighted by Gasteiger charge is 2.47. The van der Waals surface area contributed by atoms with Gasteiger partial charge in [0, 0.05) is 11.6 Å². The molecule has 2 saturated carbocycles. The van der Waals surface area contributed by atoms with Crippen LogP contribution in [0.3, 0.4) is 0 Å². The third-order valence-electron chi connectivity index (χ3n) is 7.06. The summed E-state index contributed by atoms with van der Waals surface area (Å²) >= 11 is 0. The summed E-state index contributed by atoms with van der Waals surface area (Å²) in [7, 11) is -3.72. The molecule has 2 fully saturated rings. The van der Waals surface area contributed by atoms with E-state index >= 15 is 4.39 Å². The van der Waals surface area contributed by atoms with Gasteiger partial charge in [0.15, 0.2) is 5.65 Å². The van der Waals surface area contributed by atoms with Crippen LogP contribution in [0.25, 0.3) is 22.4 Å². The van der Waals surface area contributed by atoms with Crippen LogP contribution in [0, 0.1) is 17.2 Å². The van der Waals surface area contributed by atoms with Gasteiger partial charge < -0.3 is 5.73 Å². The highest BCUT2D eigenvalue weighted by atomic mass is 32.2. The molecule has 3 aromatic rings. The van der Waals surface area contributed by atoms with Crippen molar-refractivity contribution in [3.8, 4) is 11.3 Å². The molecule has 34 heavy (non-hydrogen) atoms. The molecule has 2 aliphatic rings. The van der Waals surface area contributed by atoms with E-state index in [0.717, 1.165) is 38.2 Å². The number of nitrogens with one attached hydrogen (secondary N) is 1. The molecule has 180 valence electrons. The molecule has 0 radical (unpaired) electrons. The summed E-state index contributed by atoms with van der Waals surface area (Å²) in [5, 5.41) is 0. The molecule has 0 spiro atoms. The molecule has 5 rings (SSSR count). The first kappa shape index (κ1) is 22.7. The van der Waals surface area contributed by atoms with Crippen LogP contribution < -0.4 is 16.0 Å². The van der Waals surface area contributed by atoms with Gasteiger partial charge in [-0.3, -0.25) is 14.1 Å². The average molecular weight is 487 g/mol. The van der Waals surface area contributed by atoms with Crippen LogP contribution >= 0.6 is 0 Å². The van der Waals surface area contributed by atoms with E-state index in [1.165, 1.54) is 22.9 Å². The summed E-state index contributed by atoms with van der Waals surface area (Å²) < 4.78 is 44.5. The summed E-state index contributed by atoms with van der Waals surface area (Å²) in [6, 6.07) is 3.68. The van der Waals surface area contributed by atoms with Crippen molar-refractivity contribution in [3.63, 3.8) is 0 Å². The number of rotatable bonds is 6. The summed E-state index contributed by atoms with van der Waals surface area (Å²) in [6.07, 6.45) is 6.30. The fourth-order valence-corrected chi connectivity index (χ4v) is 7.33. The van der Waals surface area contributed by atoms with Crippen molar-refractivity contribution < 1.29 is 12.8 Å². The maximum Gasteiger partial charge on any atom is 0.278 e. The molecule has 1 aromatic carbocycles. The van der Waals surface area contributed by atoms with E-state index in [9.17, 15) is 13.2 Å². The zero-order valence-corrected chi connectivity index (χ0v) is 19.9. The molecule has 0 amide bonds. The summed E-state index contributed by atoms with van der Waals surface area (Å²) in [5.41, 5.74) is 5.78. The van der Waals surface area contributed by atoms with Crippen molar-refractivity contribution in [2.75, 3.05) is 16.2 Å². The van der Waals surface area contributed by atoms with Crippen LogP contribution in [0.1, 0.15) is 52.0 Å². The number of hydrogen-bond acceptors (Lipinski definition) is 7. The Hall–Kier alpha value is -3.08. The Bertz CT molecular complexity index is 1450. The highest BCUT2D eigenvalue weighted by molar-refractivity contribution is 7.92. The van der Waals surface area contributed by atoms with Crippen LogP contribution in [-0.2, 0) is 10.0 Å². The van der Waals surface area contributed by atoms with E-state index in [2.05, 4.69) is 19.7 Å². The number of nitrogens with two attached hydrogens (primary N) is 1. The standard InChI is InChI=1S/C23H27FN6O3S/c1-13(2)30-20-18(11-26-22(25)28-20)27-19(21(30)31)15-3-4-17(16(24)9-15)29-34(32,33)12-23-7-5-14(10-23)6-8-23/h3-4,9,11,13-14,29H,5-8,10,12H2,1-2H3,(H2,25,26,28). The van der Waals surface area contributed by atoms with Crippen molar-refractivity contribution >= 4 is 32.8 Å². The molecule has 2 bridgehead atoms. The first-order valence-corrected chi connectivity index (χ1v) is 13.1. The van der Waals surface area contributed by atoms with E-state index in [-0.39, 0.29) is 40.1 Å². The topological polar surface area (TPSA) is 133 Å². The second-order valence-electron chi connectivity index (χ2n) is 9.87. The molecule has 0 unspecified atom stereocenters. The smallest absolute Gasteiger partial charge is 0.278 e. The predicted octanol–water partition coefficient (Wildman–Crippen LogP) is 3.48. The van der Waals surface area contributed by atoms with Gasteiger partial charge in [-0.2, -0.15) is 4.98 Å². The van der Waals surface area contributed by atoms with Gasteiger partial charge in [0.1, 0.15) is 17.0 Å². The first-order valence-electron chi connectivity index (χ1n) is 11.4. The fraction of sp³-hybridized carbons (Fsp3) is 0.478. The summed E-state index contributed by atoms with van der Waals surface area (Å²) in [4.78, 5) is 25.6. The molecular weight excluding hydrogens is 459 g/mol. The fourth-order valence-electron chi connectivity index (χ4n) is 5.55. The van der Waals surface area contributed by atoms with Crippen LogP contribution in [0.15, 0.2) is 29.2 Å². The van der Waals surface area contributed by atoms with Gasteiger partial charge in [0.25, 0.3) is 5.56 Å². The predicted molar refractivity (Wildman–Crippen MR) is 128 cm³/mol. The lowest BCUT2D eigenvalue weighted by Crippen LogP contribution is -2.30. The second-order valence-corrected chi connectivity index (χ2v) is 11.6. The number of benzene rings is 1. The lowest BCUT2D eigenvalue weighted by molar-refractivity contribution is 0.334. The maximum atomic E-state index is 15.0. The Morgan fingerprint density at radius 1 is 1.26 bits per heavy atom. The Labute approximate surface area is 196 Å². The number of sulfonamides is 1. The molecule has 2 aliphatic carbocycles. The zero-order valence-electron chi connectivity index (χ0n) is 19.1. The molecular formula is C23H27FN6O3S. The number of nitrogen functional groups attached to an aromatic ring is 1. The molecule has 0 aliphatic heterocycles. The van der Waals surface area contributed by atoms with Gasteiger partial charge >= 0.3 is 0 Å². The molecule has 0 saturated heterocycles. The Kier molecular flexibility index (Phi) is 5.34. The third kappa shape index (κ3) is 4.02. The number of aromatic nitrogens is 4. The number of fused-ring (bicyclic) bond motifs is 3. The zero-order chi connectivity index (χ0) is 24.3. The van der Waals surface area contributed by atoms with Gasteiger partial charge in [-0.05, 0) is 69.4 Å². The van der Waals surface area contributed by atoms with Gasteiger partial charge in [-0.15, -0.1) is 0 Å². The van der Waals surface area contributed by atoms with Crippen molar-refractivity contribution in [2.24, 2.45) is 11.3 Å². The minimum atomic E-state index is -3.72. The second kappa shape index (κ2) is 8.00. The number of hydrogen-bond donors (Lipinski definition) is 2.